The molecule has 0 heterocycles. The minimum absolute atomic E-state index is 0.361. The van der Waals surface area contributed by atoms with Crippen molar-refractivity contribution in [3.8, 4) is 0 Å². The summed E-state index contributed by atoms with van der Waals surface area (Å²) in [6.07, 6.45) is 3.40. The van der Waals surface area contributed by atoms with Crippen LogP contribution in [-0.4, -0.2) is 5.91 Å². The van der Waals surface area contributed by atoms with Crippen LogP contribution < -0.4 is 5.73 Å². The van der Waals surface area contributed by atoms with Gasteiger partial charge >= 0.3 is 0 Å². The fourth-order valence-corrected chi connectivity index (χ4v) is 2.90. The van der Waals surface area contributed by atoms with E-state index in [-0.39, 0.29) is 5.91 Å². The molecule has 1 aliphatic rings. The van der Waals surface area contributed by atoms with Gasteiger partial charge in [0.1, 0.15) is 0 Å². The Bertz CT molecular complexity index is 601. The number of hydrogen-bond acceptors (Lipinski definition) is 1. The standard InChI is InChI=1S/C17H17NO/c18-17(19)14-8-5-13(6-9-14)16-10-7-12-3-1-2-4-15(12)11-16/h1-6,8-9,16H,7,10-11H2,(H2,18,19). The molecule has 96 valence electrons. The summed E-state index contributed by atoms with van der Waals surface area (Å²) >= 11 is 0. The number of carbonyl (C=O) groups is 1. The van der Waals surface area contributed by atoms with Crippen LogP contribution in [0.15, 0.2) is 48.5 Å². The molecule has 1 aliphatic carbocycles. The molecule has 2 aromatic rings. The van der Waals surface area contributed by atoms with Crippen molar-refractivity contribution in [2.45, 2.75) is 25.2 Å². The summed E-state index contributed by atoms with van der Waals surface area (Å²) in [5.41, 5.74) is 10.1. The minimum Gasteiger partial charge on any atom is -0.366 e. The number of amides is 1. The van der Waals surface area contributed by atoms with Crippen LogP contribution in [-0.2, 0) is 12.8 Å². The van der Waals surface area contributed by atoms with Gasteiger partial charge in [-0.15, -0.1) is 0 Å². The zero-order valence-corrected chi connectivity index (χ0v) is 10.8. The Kier molecular flexibility index (Phi) is 3.08. The van der Waals surface area contributed by atoms with E-state index in [4.69, 9.17) is 5.73 Å². The molecule has 2 heteroatoms. The van der Waals surface area contributed by atoms with Crippen LogP contribution in [0, 0.1) is 0 Å². The molecule has 1 atom stereocenters. The molecule has 2 nitrogen and oxygen atoms in total. The number of rotatable bonds is 2. The van der Waals surface area contributed by atoms with Crippen LogP contribution in [0.5, 0.6) is 0 Å². The van der Waals surface area contributed by atoms with E-state index >= 15 is 0 Å². The second-order valence-electron chi connectivity index (χ2n) is 5.19. The quantitative estimate of drug-likeness (QED) is 0.875. The first-order valence-electron chi connectivity index (χ1n) is 6.70. The first-order chi connectivity index (χ1) is 9.24. The molecule has 0 aliphatic heterocycles. The molecule has 3 rings (SSSR count). The Morgan fingerprint density at radius 2 is 1.68 bits per heavy atom. The third kappa shape index (κ3) is 2.39. The second kappa shape index (κ2) is 4.88. The maximum atomic E-state index is 11.1. The SMILES string of the molecule is NC(=O)c1ccc(C2CCc3ccccc3C2)cc1. The third-order valence-corrected chi connectivity index (χ3v) is 4.01. The van der Waals surface area contributed by atoms with Crippen molar-refractivity contribution in [2.75, 3.05) is 0 Å². The number of benzene rings is 2. The lowest BCUT2D eigenvalue weighted by Gasteiger charge is -2.25. The fourth-order valence-electron chi connectivity index (χ4n) is 2.90. The number of hydrogen-bond donors (Lipinski definition) is 1. The van der Waals surface area contributed by atoms with Crippen molar-refractivity contribution in [3.05, 3.63) is 70.8 Å². The van der Waals surface area contributed by atoms with E-state index in [9.17, 15) is 4.79 Å². The van der Waals surface area contributed by atoms with Gasteiger partial charge in [-0.3, -0.25) is 4.79 Å². The van der Waals surface area contributed by atoms with Gasteiger partial charge in [0.05, 0.1) is 0 Å². The zero-order valence-electron chi connectivity index (χ0n) is 10.8. The average Bonchev–Trinajstić information content (AvgIpc) is 2.47. The molecule has 0 bridgehead atoms. The van der Waals surface area contributed by atoms with Crippen molar-refractivity contribution < 1.29 is 4.79 Å². The summed E-state index contributed by atoms with van der Waals surface area (Å²) < 4.78 is 0. The Morgan fingerprint density at radius 1 is 1.00 bits per heavy atom. The molecule has 0 saturated carbocycles. The summed E-state index contributed by atoms with van der Waals surface area (Å²) in [4.78, 5) is 11.1. The largest absolute Gasteiger partial charge is 0.366 e. The van der Waals surface area contributed by atoms with E-state index in [1.54, 1.807) is 0 Å². The van der Waals surface area contributed by atoms with Gasteiger partial charge in [-0.1, -0.05) is 36.4 Å². The topological polar surface area (TPSA) is 43.1 Å². The van der Waals surface area contributed by atoms with Crippen molar-refractivity contribution in [1.29, 1.82) is 0 Å². The number of nitrogens with two attached hydrogens (primary N) is 1. The van der Waals surface area contributed by atoms with Crippen molar-refractivity contribution in [1.82, 2.24) is 0 Å². The van der Waals surface area contributed by atoms with Crippen LogP contribution in [0.2, 0.25) is 0 Å². The molecule has 0 aromatic heterocycles. The average molecular weight is 251 g/mol. The maximum absolute atomic E-state index is 11.1. The highest BCUT2D eigenvalue weighted by Crippen LogP contribution is 2.32. The maximum Gasteiger partial charge on any atom is 0.248 e. The van der Waals surface area contributed by atoms with Crippen LogP contribution in [0.3, 0.4) is 0 Å². The summed E-state index contributed by atoms with van der Waals surface area (Å²) in [7, 11) is 0. The van der Waals surface area contributed by atoms with E-state index in [1.165, 1.54) is 23.1 Å². The number of carbonyl (C=O) groups excluding carboxylic acids is 1. The molecule has 2 N–H and O–H groups in total. The number of primary amides is 1. The lowest BCUT2D eigenvalue weighted by Crippen LogP contribution is -2.14. The highest BCUT2D eigenvalue weighted by atomic mass is 16.1. The van der Waals surface area contributed by atoms with Gasteiger partial charge in [-0.2, -0.15) is 0 Å². The summed E-state index contributed by atoms with van der Waals surface area (Å²) in [6, 6.07) is 16.4. The van der Waals surface area contributed by atoms with Crippen molar-refractivity contribution in [2.24, 2.45) is 5.73 Å². The fraction of sp³-hybridized carbons (Fsp3) is 0.235. The van der Waals surface area contributed by atoms with E-state index in [2.05, 4.69) is 24.3 Å². The van der Waals surface area contributed by atoms with Gasteiger partial charge in [-0.05, 0) is 54.0 Å². The lowest BCUT2D eigenvalue weighted by molar-refractivity contribution is 0.100. The van der Waals surface area contributed by atoms with Crippen LogP contribution in [0.4, 0.5) is 0 Å². The molecule has 19 heavy (non-hydrogen) atoms. The van der Waals surface area contributed by atoms with Crippen LogP contribution in [0.25, 0.3) is 0 Å². The van der Waals surface area contributed by atoms with E-state index in [1.807, 2.05) is 24.3 Å². The zero-order chi connectivity index (χ0) is 13.2. The Labute approximate surface area is 113 Å². The smallest absolute Gasteiger partial charge is 0.248 e. The van der Waals surface area contributed by atoms with Gasteiger partial charge in [0.25, 0.3) is 0 Å². The van der Waals surface area contributed by atoms with E-state index in [0.29, 0.717) is 11.5 Å². The molecular weight excluding hydrogens is 234 g/mol. The molecule has 1 unspecified atom stereocenters. The number of aryl methyl sites for hydroxylation is 1. The number of fused-ring (bicyclic) bond motifs is 1. The monoisotopic (exact) mass is 251 g/mol. The van der Waals surface area contributed by atoms with Gasteiger partial charge < -0.3 is 5.73 Å². The van der Waals surface area contributed by atoms with Crippen molar-refractivity contribution in [3.63, 3.8) is 0 Å². The highest BCUT2D eigenvalue weighted by molar-refractivity contribution is 5.92. The van der Waals surface area contributed by atoms with Crippen LogP contribution in [0.1, 0.15) is 39.4 Å². The first kappa shape index (κ1) is 12.0. The summed E-state index contributed by atoms with van der Waals surface area (Å²) in [5.74, 6) is 0.192. The van der Waals surface area contributed by atoms with E-state index in [0.717, 1.165) is 12.8 Å². The van der Waals surface area contributed by atoms with Crippen molar-refractivity contribution >= 4 is 5.91 Å². The van der Waals surface area contributed by atoms with Gasteiger partial charge in [-0.25, -0.2) is 0 Å². The molecule has 0 fully saturated rings. The van der Waals surface area contributed by atoms with Gasteiger partial charge in [0.2, 0.25) is 5.91 Å². The van der Waals surface area contributed by atoms with Gasteiger partial charge in [0, 0.05) is 5.56 Å². The molecule has 0 saturated heterocycles. The molecule has 2 aromatic carbocycles. The molecular formula is C17H17NO. The van der Waals surface area contributed by atoms with Crippen LogP contribution >= 0.6 is 0 Å². The van der Waals surface area contributed by atoms with Gasteiger partial charge in [0.15, 0.2) is 0 Å². The normalized spacial score (nSPS) is 17.8. The minimum atomic E-state index is -0.361. The Morgan fingerprint density at radius 3 is 2.37 bits per heavy atom. The molecule has 0 spiro atoms. The summed E-state index contributed by atoms with van der Waals surface area (Å²) in [6.45, 7) is 0. The molecule has 1 amide bonds. The van der Waals surface area contributed by atoms with E-state index < -0.39 is 0 Å². The Hall–Kier alpha value is -2.09. The predicted octanol–water partition coefficient (Wildman–Crippen LogP) is 3.06. The predicted molar refractivity (Wildman–Crippen MR) is 76.2 cm³/mol. The molecule has 0 radical (unpaired) electrons. The second-order valence-corrected chi connectivity index (χ2v) is 5.19. The lowest BCUT2D eigenvalue weighted by atomic mass is 9.80. The summed E-state index contributed by atoms with van der Waals surface area (Å²) in [5, 5.41) is 0. The first-order valence-corrected chi connectivity index (χ1v) is 6.70. The Balaban J connectivity index is 1.83. The highest BCUT2D eigenvalue weighted by Gasteiger charge is 2.19. The third-order valence-electron chi connectivity index (χ3n) is 4.01.